The molecule has 0 radical (unpaired) electrons. The summed E-state index contributed by atoms with van der Waals surface area (Å²) in [7, 11) is 3.25. The second-order valence-electron chi connectivity index (χ2n) is 5.63. The number of fused-ring (bicyclic) bond motifs is 1. The molecule has 0 aliphatic rings. The first-order valence-corrected chi connectivity index (χ1v) is 8.99. The van der Waals surface area contributed by atoms with Gasteiger partial charge in [0.25, 0.3) is 0 Å². The van der Waals surface area contributed by atoms with Gasteiger partial charge in [0.05, 0.1) is 27.0 Å². The number of aromatic nitrogens is 3. The van der Waals surface area contributed by atoms with Crippen LogP contribution in [-0.4, -0.2) is 28.8 Å². The number of thiophene rings is 1. The molecule has 0 fully saturated rings. The van der Waals surface area contributed by atoms with Gasteiger partial charge in [-0.2, -0.15) is 9.61 Å². The summed E-state index contributed by atoms with van der Waals surface area (Å²) in [4.78, 5) is 5.78. The molecule has 3 aromatic heterocycles. The molecule has 1 N–H and O–H groups in total. The minimum absolute atomic E-state index is 0.677. The van der Waals surface area contributed by atoms with Crippen LogP contribution in [0.25, 0.3) is 16.8 Å². The Labute approximate surface area is 155 Å². The van der Waals surface area contributed by atoms with E-state index < -0.39 is 0 Å². The van der Waals surface area contributed by atoms with Gasteiger partial charge in [0.15, 0.2) is 17.1 Å². The zero-order valence-corrected chi connectivity index (χ0v) is 15.3. The van der Waals surface area contributed by atoms with Gasteiger partial charge in [0.2, 0.25) is 0 Å². The summed E-state index contributed by atoms with van der Waals surface area (Å²) in [6, 6.07) is 11.9. The number of benzene rings is 1. The number of methoxy groups -OCH3 is 2. The van der Waals surface area contributed by atoms with Gasteiger partial charge in [0.1, 0.15) is 5.82 Å². The number of nitrogens with zero attached hydrogens (tertiary/aromatic N) is 3. The largest absolute Gasteiger partial charge is 0.493 e. The smallest absolute Gasteiger partial charge is 0.165 e. The molecule has 7 heteroatoms. The van der Waals surface area contributed by atoms with Crippen LogP contribution in [0.5, 0.6) is 11.5 Å². The minimum Gasteiger partial charge on any atom is -0.493 e. The van der Waals surface area contributed by atoms with Crippen molar-refractivity contribution in [3.63, 3.8) is 0 Å². The van der Waals surface area contributed by atoms with Gasteiger partial charge in [-0.05, 0) is 35.2 Å². The van der Waals surface area contributed by atoms with E-state index in [1.165, 1.54) is 4.88 Å². The van der Waals surface area contributed by atoms with E-state index in [1.54, 1.807) is 31.8 Å². The Morgan fingerprint density at radius 3 is 2.77 bits per heavy atom. The lowest BCUT2D eigenvalue weighted by atomic mass is 10.1. The lowest BCUT2D eigenvalue weighted by Crippen LogP contribution is -2.04. The highest BCUT2D eigenvalue weighted by Gasteiger charge is 2.13. The molecule has 4 rings (SSSR count). The minimum atomic E-state index is 0.677. The maximum atomic E-state index is 5.41. The van der Waals surface area contributed by atoms with Crippen molar-refractivity contribution in [2.24, 2.45) is 0 Å². The fraction of sp³-hybridized carbons (Fsp3) is 0.158. The quantitative estimate of drug-likeness (QED) is 0.557. The highest BCUT2D eigenvalue weighted by molar-refractivity contribution is 7.09. The number of hydrogen-bond acceptors (Lipinski definition) is 6. The summed E-state index contributed by atoms with van der Waals surface area (Å²) in [6.45, 7) is 0.752. The zero-order chi connectivity index (χ0) is 17.9. The van der Waals surface area contributed by atoms with E-state index in [9.17, 15) is 0 Å². The summed E-state index contributed by atoms with van der Waals surface area (Å²) >= 11 is 1.72. The molecule has 0 aliphatic carbocycles. The molecule has 0 saturated carbocycles. The van der Waals surface area contributed by atoms with Gasteiger partial charge in [0, 0.05) is 16.6 Å². The van der Waals surface area contributed by atoms with Crippen molar-refractivity contribution in [3.05, 3.63) is 59.0 Å². The van der Waals surface area contributed by atoms with Crippen molar-refractivity contribution in [1.82, 2.24) is 14.6 Å². The van der Waals surface area contributed by atoms with E-state index in [1.807, 2.05) is 41.0 Å². The molecule has 6 nitrogen and oxygen atoms in total. The molecule has 0 unspecified atom stereocenters. The lowest BCUT2D eigenvalue weighted by molar-refractivity contribution is 0.355. The lowest BCUT2D eigenvalue weighted by Gasteiger charge is -2.09. The van der Waals surface area contributed by atoms with Gasteiger partial charge >= 0.3 is 0 Å². The van der Waals surface area contributed by atoms with E-state index in [0.29, 0.717) is 11.5 Å². The van der Waals surface area contributed by atoms with Crippen LogP contribution in [0.15, 0.2) is 54.2 Å². The average Bonchev–Trinajstić information content (AvgIpc) is 3.35. The van der Waals surface area contributed by atoms with Crippen molar-refractivity contribution in [2.75, 3.05) is 19.5 Å². The molecular formula is C19H18N4O2S. The molecule has 0 spiro atoms. The molecule has 132 valence electrons. The summed E-state index contributed by atoms with van der Waals surface area (Å²) < 4.78 is 12.5. The molecule has 26 heavy (non-hydrogen) atoms. The second-order valence-corrected chi connectivity index (χ2v) is 6.66. The Balaban J connectivity index is 1.70. The van der Waals surface area contributed by atoms with Crippen LogP contribution < -0.4 is 14.8 Å². The number of rotatable bonds is 6. The molecule has 1 aromatic carbocycles. The summed E-state index contributed by atoms with van der Waals surface area (Å²) in [5, 5.41) is 10.0. The second kappa shape index (κ2) is 7.05. The van der Waals surface area contributed by atoms with Crippen molar-refractivity contribution < 1.29 is 9.47 Å². The summed E-state index contributed by atoms with van der Waals surface area (Å²) in [5.74, 6) is 2.27. The highest BCUT2D eigenvalue weighted by atomic mass is 32.1. The van der Waals surface area contributed by atoms with Crippen molar-refractivity contribution >= 4 is 22.8 Å². The first-order valence-electron chi connectivity index (χ1n) is 8.11. The van der Waals surface area contributed by atoms with E-state index in [4.69, 9.17) is 9.47 Å². The monoisotopic (exact) mass is 366 g/mol. The highest BCUT2D eigenvalue weighted by Crippen LogP contribution is 2.33. The third-order valence-electron chi connectivity index (χ3n) is 4.12. The Kier molecular flexibility index (Phi) is 4.45. The van der Waals surface area contributed by atoms with Crippen LogP contribution in [0.1, 0.15) is 4.88 Å². The molecule has 0 bridgehead atoms. The maximum Gasteiger partial charge on any atom is 0.165 e. The molecule has 4 aromatic rings. The fourth-order valence-corrected chi connectivity index (χ4v) is 3.47. The predicted molar refractivity (Wildman–Crippen MR) is 103 cm³/mol. The third-order valence-corrected chi connectivity index (χ3v) is 5.00. The first kappa shape index (κ1) is 16.4. The summed E-state index contributed by atoms with van der Waals surface area (Å²) in [6.07, 6.45) is 3.61. The maximum absolute atomic E-state index is 5.41. The van der Waals surface area contributed by atoms with Crippen LogP contribution in [0.4, 0.5) is 5.82 Å². The first-order chi connectivity index (χ1) is 12.8. The number of hydrogen-bond donors (Lipinski definition) is 1. The number of anilines is 1. The SMILES string of the molecule is COc1ccc(-c2cnn3c(NCc4cccs4)ccnc23)cc1OC. The van der Waals surface area contributed by atoms with Gasteiger partial charge in [-0.25, -0.2) is 4.98 Å². The van der Waals surface area contributed by atoms with Crippen LogP contribution in [0, 0.1) is 0 Å². The predicted octanol–water partition coefficient (Wildman–Crippen LogP) is 4.09. The Bertz CT molecular complexity index is 1030. The average molecular weight is 366 g/mol. The van der Waals surface area contributed by atoms with E-state index in [-0.39, 0.29) is 0 Å². The molecule has 3 heterocycles. The summed E-state index contributed by atoms with van der Waals surface area (Å²) in [5.41, 5.74) is 2.69. The molecule has 0 aliphatic heterocycles. The Morgan fingerprint density at radius 2 is 2.00 bits per heavy atom. The van der Waals surface area contributed by atoms with Crippen molar-refractivity contribution in [1.29, 1.82) is 0 Å². The molecule has 0 saturated heterocycles. The standard InChI is InChI=1S/C19H18N4O2S/c1-24-16-6-5-13(10-17(16)25-2)15-12-22-23-18(7-8-20-19(15)23)21-11-14-4-3-9-26-14/h3-10,12,21H,11H2,1-2H3. The number of ether oxygens (including phenoxy) is 2. The fourth-order valence-electron chi connectivity index (χ4n) is 2.82. The van der Waals surface area contributed by atoms with E-state index in [0.717, 1.165) is 29.1 Å². The Hall–Kier alpha value is -3.06. The van der Waals surface area contributed by atoms with Crippen LogP contribution in [-0.2, 0) is 6.54 Å². The van der Waals surface area contributed by atoms with E-state index in [2.05, 4.69) is 26.8 Å². The molecule has 0 amide bonds. The normalized spacial score (nSPS) is 10.8. The van der Waals surface area contributed by atoms with Gasteiger partial charge in [-0.1, -0.05) is 12.1 Å². The molecular weight excluding hydrogens is 348 g/mol. The topological polar surface area (TPSA) is 60.7 Å². The van der Waals surface area contributed by atoms with Gasteiger partial charge in [-0.3, -0.25) is 0 Å². The van der Waals surface area contributed by atoms with Crippen LogP contribution in [0.3, 0.4) is 0 Å². The van der Waals surface area contributed by atoms with Crippen LogP contribution in [0.2, 0.25) is 0 Å². The third kappa shape index (κ3) is 2.97. The van der Waals surface area contributed by atoms with Gasteiger partial charge < -0.3 is 14.8 Å². The molecule has 0 atom stereocenters. The van der Waals surface area contributed by atoms with Gasteiger partial charge in [-0.15, -0.1) is 11.3 Å². The van der Waals surface area contributed by atoms with Crippen molar-refractivity contribution in [2.45, 2.75) is 6.54 Å². The van der Waals surface area contributed by atoms with Crippen LogP contribution >= 0.6 is 11.3 Å². The zero-order valence-electron chi connectivity index (χ0n) is 14.5. The van der Waals surface area contributed by atoms with Crippen molar-refractivity contribution in [3.8, 4) is 22.6 Å². The number of nitrogens with one attached hydrogen (secondary N) is 1. The van der Waals surface area contributed by atoms with E-state index >= 15 is 0 Å². The Morgan fingerprint density at radius 1 is 1.12 bits per heavy atom.